The molecule has 1 aliphatic carbocycles. The van der Waals surface area contributed by atoms with Crippen molar-refractivity contribution < 1.29 is 0 Å². The van der Waals surface area contributed by atoms with Gasteiger partial charge in [-0.15, -0.1) is 0 Å². The SMILES string of the molecule is Nc1nc2c(c(N[C@@H]3C[C@H]3c3ccccc3)n1)CCNCC2. The molecule has 0 unspecified atom stereocenters. The highest BCUT2D eigenvalue weighted by Gasteiger charge is 2.39. The Hall–Kier alpha value is -2.14. The van der Waals surface area contributed by atoms with Gasteiger partial charge in [-0.05, 0) is 24.9 Å². The van der Waals surface area contributed by atoms with Crippen LogP contribution < -0.4 is 16.4 Å². The summed E-state index contributed by atoms with van der Waals surface area (Å²) in [4.78, 5) is 8.89. The van der Waals surface area contributed by atoms with Gasteiger partial charge in [0.25, 0.3) is 0 Å². The molecule has 22 heavy (non-hydrogen) atoms. The van der Waals surface area contributed by atoms with Crippen LogP contribution in [0.25, 0.3) is 0 Å². The van der Waals surface area contributed by atoms with Gasteiger partial charge in [-0.25, -0.2) is 4.98 Å². The normalized spacial score (nSPS) is 23.5. The summed E-state index contributed by atoms with van der Waals surface area (Å²) in [5.41, 5.74) is 9.62. The lowest BCUT2D eigenvalue weighted by molar-refractivity contribution is 0.708. The highest BCUT2D eigenvalue weighted by Crippen LogP contribution is 2.43. The van der Waals surface area contributed by atoms with Crippen LogP contribution in [0.1, 0.15) is 29.2 Å². The van der Waals surface area contributed by atoms with E-state index in [1.807, 2.05) is 0 Å². The summed E-state index contributed by atoms with van der Waals surface area (Å²) >= 11 is 0. The Morgan fingerprint density at radius 2 is 1.91 bits per heavy atom. The first-order valence-electron chi connectivity index (χ1n) is 7.99. The zero-order chi connectivity index (χ0) is 14.9. The van der Waals surface area contributed by atoms with Crippen molar-refractivity contribution in [3.8, 4) is 0 Å². The van der Waals surface area contributed by atoms with Gasteiger partial charge in [0.2, 0.25) is 5.95 Å². The van der Waals surface area contributed by atoms with Crippen molar-refractivity contribution in [2.75, 3.05) is 24.1 Å². The predicted octanol–water partition coefficient (Wildman–Crippen LogP) is 1.71. The zero-order valence-electron chi connectivity index (χ0n) is 12.5. The van der Waals surface area contributed by atoms with E-state index in [-0.39, 0.29) is 0 Å². The lowest BCUT2D eigenvalue weighted by atomic mass is 10.1. The second-order valence-corrected chi connectivity index (χ2v) is 6.11. The molecular weight excluding hydrogens is 274 g/mol. The number of nitrogen functional groups attached to an aromatic ring is 1. The Balaban J connectivity index is 1.55. The highest BCUT2D eigenvalue weighted by atomic mass is 15.1. The van der Waals surface area contributed by atoms with E-state index in [1.165, 1.54) is 11.1 Å². The van der Waals surface area contributed by atoms with Crippen molar-refractivity contribution in [1.29, 1.82) is 0 Å². The van der Waals surface area contributed by atoms with Gasteiger partial charge in [0, 0.05) is 30.5 Å². The molecule has 114 valence electrons. The largest absolute Gasteiger partial charge is 0.368 e. The molecule has 5 nitrogen and oxygen atoms in total. The van der Waals surface area contributed by atoms with E-state index in [0.29, 0.717) is 17.9 Å². The fourth-order valence-electron chi connectivity index (χ4n) is 3.28. The van der Waals surface area contributed by atoms with Gasteiger partial charge in [0.05, 0.1) is 5.69 Å². The molecule has 2 heterocycles. The zero-order valence-corrected chi connectivity index (χ0v) is 12.5. The van der Waals surface area contributed by atoms with E-state index < -0.39 is 0 Å². The maximum absolute atomic E-state index is 5.89. The number of nitrogens with two attached hydrogens (primary N) is 1. The van der Waals surface area contributed by atoms with E-state index in [0.717, 1.165) is 43.9 Å². The first-order chi connectivity index (χ1) is 10.8. The van der Waals surface area contributed by atoms with E-state index in [1.54, 1.807) is 0 Å². The van der Waals surface area contributed by atoms with Crippen molar-refractivity contribution in [3.63, 3.8) is 0 Å². The van der Waals surface area contributed by atoms with Crippen LogP contribution in [-0.4, -0.2) is 29.1 Å². The third kappa shape index (κ3) is 2.64. The van der Waals surface area contributed by atoms with Crippen LogP contribution in [0.2, 0.25) is 0 Å². The maximum atomic E-state index is 5.89. The first kappa shape index (κ1) is 13.5. The number of aromatic nitrogens is 2. The highest BCUT2D eigenvalue weighted by molar-refractivity contribution is 5.53. The summed E-state index contributed by atoms with van der Waals surface area (Å²) in [6.45, 7) is 1.93. The van der Waals surface area contributed by atoms with E-state index in [4.69, 9.17) is 5.73 Å². The minimum Gasteiger partial charge on any atom is -0.368 e. The van der Waals surface area contributed by atoms with E-state index in [9.17, 15) is 0 Å². The number of fused-ring (bicyclic) bond motifs is 1. The van der Waals surface area contributed by atoms with Crippen LogP contribution in [0.15, 0.2) is 30.3 Å². The molecule has 2 atom stereocenters. The number of benzene rings is 1. The number of hydrogen-bond acceptors (Lipinski definition) is 5. The minimum absolute atomic E-state index is 0.375. The summed E-state index contributed by atoms with van der Waals surface area (Å²) in [5, 5.41) is 7.01. The number of nitrogens with one attached hydrogen (secondary N) is 2. The molecule has 0 amide bonds. The molecule has 1 aromatic carbocycles. The third-order valence-electron chi connectivity index (χ3n) is 4.54. The molecule has 1 aromatic heterocycles. The Morgan fingerprint density at radius 3 is 2.77 bits per heavy atom. The fraction of sp³-hybridized carbons (Fsp3) is 0.412. The standard InChI is InChI=1S/C17H21N5/c18-17-21-14-7-9-19-8-6-12(14)16(22-17)20-15-10-13(15)11-4-2-1-3-5-11/h1-5,13,15,19H,6-10H2,(H3,18,20,21,22)/t13-,15+/m0/s1. The maximum Gasteiger partial charge on any atom is 0.222 e. The van der Waals surface area contributed by atoms with Gasteiger partial charge in [-0.1, -0.05) is 30.3 Å². The molecule has 4 N–H and O–H groups in total. The lowest BCUT2D eigenvalue weighted by Gasteiger charge is -2.13. The summed E-state index contributed by atoms with van der Waals surface area (Å²) in [5.74, 6) is 1.90. The monoisotopic (exact) mass is 295 g/mol. The molecular formula is C17H21N5. The Morgan fingerprint density at radius 1 is 1.09 bits per heavy atom. The van der Waals surface area contributed by atoms with Crippen LogP contribution in [0, 0.1) is 0 Å². The summed E-state index contributed by atoms with van der Waals surface area (Å²) in [7, 11) is 0. The summed E-state index contributed by atoms with van der Waals surface area (Å²) < 4.78 is 0. The third-order valence-corrected chi connectivity index (χ3v) is 4.54. The molecule has 1 saturated carbocycles. The van der Waals surface area contributed by atoms with Crippen molar-refractivity contribution in [1.82, 2.24) is 15.3 Å². The molecule has 0 saturated heterocycles. The van der Waals surface area contributed by atoms with E-state index in [2.05, 4.69) is 50.9 Å². The predicted molar refractivity (Wildman–Crippen MR) is 87.9 cm³/mol. The molecule has 0 bridgehead atoms. The molecule has 4 rings (SSSR count). The van der Waals surface area contributed by atoms with Crippen molar-refractivity contribution in [2.24, 2.45) is 0 Å². The summed E-state index contributed by atoms with van der Waals surface area (Å²) in [6, 6.07) is 11.1. The van der Waals surface area contributed by atoms with E-state index >= 15 is 0 Å². The van der Waals surface area contributed by atoms with Crippen molar-refractivity contribution in [2.45, 2.75) is 31.2 Å². The van der Waals surface area contributed by atoms with Crippen LogP contribution in [0.4, 0.5) is 11.8 Å². The number of hydrogen-bond donors (Lipinski definition) is 3. The van der Waals surface area contributed by atoms with Gasteiger partial charge in [-0.3, -0.25) is 0 Å². The fourth-order valence-corrected chi connectivity index (χ4v) is 3.28. The number of nitrogens with zero attached hydrogens (tertiary/aromatic N) is 2. The summed E-state index contributed by atoms with van der Waals surface area (Å²) in [6.07, 6.45) is 3.03. The van der Waals surface area contributed by atoms with Crippen LogP contribution in [0.3, 0.4) is 0 Å². The molecule has 5 heteroatoms. The van der Waals surface area contributed by atoms with Crippen molar-refractivity contribution in [3.05, 3.63) is 47.2 Å². The smallest absolute Gasteiger partial charge is 0.222 e. The average Bonchev–Trinajstić information content (AvgIpc) is 3.31. The van der Waals surface area contributed by atoms with Gasteiger partial charge in [0.15, 0.2) is 0 Å². The van der Waals surface area contributed by atoms with Gasteiger partial charge >= 0.3 is 0 Å². The minimum atomic E-state index is 0.375. The quantitative estimate of drug-likeness (QED) is 0.804. The second-order valence-electron chi connectivity index (χ2n) is 6.11. The first-order valence-corrected chi connectivity index (χ1v) is 7.99. The van der Waals surface area contributed by atoms with Crippen LogP contribution in [0.5, 0.6) is 0 Å². The lowest BCUT2D eigenvalue weighted by Crippen LogP contribution is -2.16. The van der Waals surface area contributed by atoms with Crippen LogP contribution in [-0.2, 0) is 12.8 Å². The molecule has 0 spiro atoms. The van der Waals surface area contributed by atoms with Crippen LogP contribution >= 0.6 is 0 Å². The molecule has 0 radical (unpaired) electrons. The Bertz CT molecular complexity index is 670. The number of rotatable bonds is 3. The number of anilines is 2. The Kier molecular flexibility index (Phi) is 3.42. The second kappa shape index (κ2) is 5.57. The topological polar surface area (TPSA) is 75.9 Å². The Labute approximate surface area is 130 Å². The van der Waals surface area contributed by atoms with Crippen molar-refractivity contribution >= 4 is 11.8 Å². The molecule has 1 fully saturated rings. The van der Waals surface area contributed by atoms with Gasteiger partial charge in [0.1, 0.15) is 5.82 Å². The molecule has 1 aliphatic heterocycles. The van der Waals surface area contributed by atoms with Gasteiger partial charge in [-0.2, -0.15) is 4.98 Å². The molecule has 2 aliphatic rings. The van der Waals surface area contributed by atoms with Gasteiger partial charge < -0.3 is 16.4 Å². The average molecular weight is 295 g/mol. The molecule has 2 aromatic rings.